The molecule has 2 aromatic carbocycles. The van der Waals surface area contributed by atoms with E-state index in [1.165, 1.54) is 11.9 Å². The molecule has 0 spiro atoms. The summed E-state index contributed by atoms with van der Waals surface area (Å²) in [7, 11) is 2.57. The van der Waals surface area contributed by atoms with Crippen molar-refractivity contribution in [3.8, 4) is 0 Å². The van der Waals surface area contributed by atoms with E-state index in [9.17, 15) is 24.0 Å². The predicted octanol–water partition coefficient (Wildman–Crippen LogP) is 2.19. The molecular weight excluding hydrogens is 588 g/mol. The minimum Gasteiger partial charge on any atom is -0.467 e. The molecule has 228 valence electrons. The van der Waals surface area contributed by atoms with Gasteiger partial charge in [0.25, 0.3) is 5.91 Å². The Morgan fingerprint density at radius 1 is 0.884 bits per heavy atom. The zero-order valence-corrected chi connectivity index (χ0v) is 24.6. The van der Waals surface area contributed by atoms with Gasteiger partial charge < -0.3 is 33.3 Å². The molecule has 1 saturated heterocycles. The zero-order chi connectivity index (χ0) is 31.4. The molecule has 0 aliphatic carbocycles. The van der Waals surface area contributed by atoms with Crippen LogP contribution in [-0.4, -0.2) is 86.6 Å². The normalized spacial score (nSPS) is 25.0. The number of aliphatic imine (C=N–C) groups is 1. The van der Waals surface area contributed by atoms with Crippen LogP contribution in [0.4, 0.5) is 5.69 Å². The van der Waals surface area contributed by atoms with E-state index < -0.39 is 66.7 Å². The highest BCUT2D eigenvalue weighted by Crippen LogP contribution is 2.34. The quantitative estimate of drug-likeness (QED) is 0.332. The van der Waals surface area contributed by atoms with E-state index >= 15 is 0 Å². The molecule has 0 unspecified atom stereocenters. The molecule has 2 aromatic rings. The monoisotopic (exact) mass is 616 g/mol. The fourth-order valence-corrected chi connectivity index (χ4v) is 4.92. The summed E-state index contributed by atoms with van der Waals surface area (Å²) in [6.45, 7) is 3.20. The van der Waals surface area contributed by atoms with Crippen molar-refractivity contribution in [1.29, 1.82) is 0 Å². The van der Waals surface area contributed by atoms with Crippen LogP contribution in [0.15, 0.2) is 53.5 Å². The highest BCUT2D eigenvalue weighted by Gasteiger charge is 2.56. The first-order valence-corrected chi connectivity index (χ1v) is 13.4. The van der Waals surface area contributed by atoms with Crippen molar-refractivity contribution < 1.29 is 52.4 Å². The number of ether oxygens (including phenoxy) is 6. The van der Waals surface area contributed by atoms with Crippen LogP contribution >= 0.6 is 11.6 Å². The molecule has 2 aliphatic heterocycles. The standard InChI is InChI=1S/C29H29ClN2O11/c1-14(33)39-22-23(40-15(2)34)25(41-16(3)35)29(42-24(22)28(37)38-5)43-26-27(36)32(4)20-12-11-18(30)13-19(20)21(31-26)17-9-7-6-8-10-17/h6-13,22-26,29H,1-5H3/t22-,23-,24-,25+,26-,29-/m1/s1. The van der Waals surface area contributed by atoms with Gasteiger partial charge in [-0.2, -0.15) is 0 Å². The van der Waals surface area contributed by atoms with Crippen LogP contribution in [0.25, 0.3) is 0 Å². The highest BCUT2D eigenvalue weighted by atomic mass is 35.5. The van der Waals surface area contributed by atoms with Crippen LogP contribution in [0.2, 0.25) is 5.02 Å². The van der Waals surface area contributed by atoms with Crippen molar-refractivity contribution in [2.75, 3.05) is 19.1 Å². The molecular formula is C29H29ClN2O11. The summed E-state index contributed by atoms with van der Waals surface area (Å²) < 4.78 is 32.8. The van der Waals surface area contributed by atoms with Crippen molar-refractivity contribution in [2.24, 2.45) is 4.99 Å². The Bertz CT molecular complexity index is 1450. The number of anilines is 1. The Morgan fingerprint density at radius 3 is 2.09 bits per heavy atom. The van der Waals surface area contributed by atoms with Gasteiger partial charge in [0, 0.05) is 44.0 Å². The summed E-state index contributed by atoms with van der Waals surface area (Å²) in [6.07, 6.45) is -9.88. The average molecular weight is 617 g/mol. The molecule has 0 N–H and O–H groups in total. The summed E-state index contributed by atoms with van der Waals surface area (Å²) >= 11 is 6.31. The van der Waals surface area contributed by atoms with Crippen LogP contribution in [0.1, 0.15) is 31.9 Å². The smallest absolute Gasteiger partial charge is 0.339 e. The first-order valence-electron chi connectivity index (χ1n) is 13.0. The third-order valence-corrected chi connectivity index (χ3v) is 6.74. The Kier molecular flexibility index (Phi) is 9.79. The van der Waals surface area contributed by atoms with Crippen LogP contribution in [-0.2, 0) is 52.4 Å². The van der Waals surface area contributed by atoms with Gasteiger partial charge in [-0.15, -0.1) is 0 Å². The van der Waals surface area contributed by atoms with E-state index in [1.54, 1.807) is 42.5 Å². The number of benzene rings is 2. The molecule has 0 radical (unpaired) electrons. The minimum atomic E-state index is -1.74. The number of nitrogens with zero attached hydrogens (tertiary/aromatic N) is 2. The van der Waals surface area contributed by atoms with Crippen LogP contribution < -0.4 is 4.90 Å². The number of hydrogen-bond acceptors (Lipinski definition) is 12. The molecule has 0 aromatic heterocycles. The molecule has 13 nitrogen and oxygen atoms in total. The molecule has 0 bridgehead atoms. The second-order valence-electron chi connectivity index (χ2n) is 9.56. The van der Waals surface area contributed by atoms with Crippen molar-refractivity contribution >= 4 is 52.8 Å². The number of halogens is 1. The number of rotatable bonds is 7. The average Bonchev–Trinajstić information content (AvgIpc) is 3.05. The lowest BCUT2D eigenvalue weighted by atomic mass is 9.97. The van der Waals surface area contributed by atoms with Crippen LogP contribution in [0.5, 0.6) is 0 Å². The highest BCUT2D eigenvalue weighted by molar-refractivity contribution is 6.32. The largest absolute Gasteiger partial charge is 0.467 e. The number of methoxy groups -OCH3 is 1. The molecule has 6 atom stereocenters. The van der Waals surface area contributed by atoms with Gasteiger partial charge in [0.05, 0.1) is 18.5 Å². The first kappa shape index (κ1) is 31.6. The summed E-state index contributed by atoms with van der Waals surface area (Å²) in [5.74, 6) is -4.23. The van der Waals surface area contributed by atoms with Crippen molar-refractivity contribution in [3.05, 3.63) is 64.7 Å². The van der Waals surface area contributed by atoms with Gasteiger partial charge in [-0.3, -0.25) is 19.2 Å². The Balaban J connectivity index is 1.84. The fourth-order valence-electron chi connectivity index (χ4n) is 4.75. The molecule has 4 rings (SSSR count). The van der Waals surface area contributed by atoms with Crippen molar-refractivity contribution in [2.45, 2.75) is 57.7 Å². The van der Waals surface area contributed by atoms with Crippen molar-refractivity contribution in [1.82, 2.24) is 0 Å². The van der Waals surface area contributed by atoms with Crippen LogP contribution in [0.3, 0.4) is 0 Å². The number of likely N-dealkylation sites (N-methyl/N-ethyl adjacent to an activating group) is 1. The lowest BCUT2D eigenvalue weighted by Crippen LogP contribution is -2.64. The molecule has 1 amide bonds. The number of esters is 4. The van der Waals surface area contributed by atoms with E-state index in [-0.39, 0.29) is 0 Å². The SMILES string of the molecule is COC(=O)[C@@H]1O[C@H](O[C@H]2N=C(c3ccccc3)c3cc(Cl)ccc3N(C)C2=O)[C@@H](OC(C)=O)[C@H](OC(C)=O)[C@H]1OC(C)=O. The summed E-state index contributed by atoms with van der Waals surface area (Å²) in [5.41, 5.74) is 1.98. The summed E-state index contributed by atoms with van der Waals surface area (Å²) in [5, 5.41) is 0.398. The number of amides is 1. The minimum absolute atomic E-state index is 0.347. The first-order chi connectivity index (χ1) is 20.4. The fraction of sp³-hybridized carbons (Fsp3) is 0.379. The number of hydrogen-bond donors (Lipinski definition) is 0. The zero-order valence-electron chi connectivity index (χ0n) is 23.8. The van der Waals surface area contributed by atoms with Gasteiger partial charge in [0.15, 0.2) is 24.4 Å². The summed E-state index contributed by atoms with van der Waals surface area (Å²) in [6, 6.07) is 13.9. The Labute approximate surface area is 251 Å². The molecule has 2 aliphatic rings. The van der Waals surface area contributed by atoms with Gasteiger partial charge in [-0.25, -0.2) is 9.79 Å². The van der Waals surface area contributed by atoms with Gasteiger partial charge >= 0.3 is 23.9 Å². The lowest BCUT2D eigenvalue weighted by Gasteiger charge is -2.43. The lowest BCUT2D eigenvalue weighted by molar-refractivity contribution is -0.307. The second-order valence-corrected chi connectivity index (χ2v) is 10.00. The maximum Gasteiger partial charge on any atom is 0.339 e. The predicted molar refractivity (Wildman–Crippen MR) is 149 cm³/mol. The van der Waals surface area contributed by atoms with Gasteiger partial charge in [-0.1, -0.05) is 41.9 Å². The Morgan fingerprint density at radius 2 is 1.49 bits per heavy atom. The van der Waals surface area contributed by atoms with Gasteiger partial charge in [0.2, 0.25) is 12.5 Å². The number of carbonyl (C=O) groups is 5. The number of carbonyl (C=O) groups excluding carboxylic acids is 5. The third kappa shape index (κ3) is 7.01. The van der Waals surface area contributed by atoms with E-state index in [4.69, 9.17) is 40.0 Å². The van der Waals surface area contributed by atoms with Gasteiger partial charge in [-0.05, 0) is 18.2 Å². The van der Waals surface area contributed by atoms with E-state index in [0.29, 0.717) is 27.5 Å². The summed E-state index contributed by atoms with van der Waals surface area (Å²) in [4.78, 5) is 68.7. The van der Waals surface area contributed by atoms with E-state index in [2.05, 4.69) is 4.99 Å². The maximum atomic E-state index is 13.8. The molecule has 2 heterocycles. The van der Waals surface area contributed by atoms with Gasteiger partial charge in [0.1, 0.15) is 0 Å². The van der Waals surface area contributed by atoms with E-state index in [1.807, 2.05) is 6.07 Å². The third-order valence-electron chi connectivity index (χ3n) is 6.51. The molecule has 43 heavy (non-hydrogen) atoms. The van der Waals surface area contributed by atoms with Crippen LogP contribution in [0, 0.1) is 0 Å². The topological polar surface area (TPSA) is 156 Å². The van der Waals surface area contributed by atoms with E-state index in [0.717, 1.165) is 27.9 Å². The molecule has 0 saturated carbocycles. The number of benzodiazepines with no additional fused rings is 1. The number of fused-ring (bicyclic) bond motifs is 1. The Hall–Kier alpha value is -4.33. The second kappa shape index (κ2) is 13.3. The molecule has 1 fully saturated rings. The molecule has 14 heteroatoms. The van der Waals surface area contributed by atoms with Crippen molar-refractivity contribution in [3.63, 3.8) is 0 Å². The maximum absolute atomic E-state index is 13.8.